The highest BCUT2D eigenvalue weighted by Gasteiger charge is 2.41. The van der Waals surface area contributed by atoms with E-state index in [1.807, 2.05) is 0 Å². The number of halogens is 1. The van der Waals surface area contributed by atoms with Gasteiger partial charge in [0.25, 0.3) is 0 Å². The lowest BCUT2D eigenvalue weighted by atomic mass is 9.79. The summed E-state index contributed by atoms with van der Waals surface area (Å²) >= 11 is 5.87. The van der Waals surface area contributed by atoms with Crippen LogP contribution in [0.15, 0.2) is 12.2 Å². The SMILES string of the molecule is CC1C=CC(C(=O)O)C(C(=O)O)C1Cl. The number of carboxylic acid groups (broad SMARTS) is 2. The van der Waals surface area contributed by atoms with Crippen LogP contribution in [0.5, 0.6) is 0 Å². The van der Waals surface area contributed by atoms with Gasteiger partial charge in [0.15, 0.2) is 0 Å². The van der Waals surface area contributed by atoms with Gasteiger partial charge in [0.1, 0.15) is 0 Å². The second kappa shape index (κ2) is 4.00. The van der Waals surface area contributed by atoms with E-state index < -0.39 is 29.2 Å². The van der Waals surface area contributed by atoms with Gasteiger partial charge in [0, 0.05) is 0 Å². The van der Waals surface area contributed by atoms with Crippen LogP contribution in [-0.2, 0) is 9.59 Å². The van der Waals surface area contributed by atoms with Crippen molar-refractivity contribution in [3.63, 3.8) is 0 Å². The van der Waals surface area contributed by atoms with Crippen molar-refractivity contribution in [2.45, 2.75) is 12.3 Å². The van der Waals surface area contributed by atoms with E-state index in [0.717, 1.165) is 0 Å². The molecule has 4 nitrogen and oxygen atoms in total. The average molecular weight is 219 g/mol. The van der Waals surface area contributed by atoms with Crippen LogP contribution in [0.25, 0.3) is 0 Å². The Balaban J connectivity index is 3.00. The molecule has 4 unspecified atom stereocenters. The standard InChI is InChI=1S/C9H11ClO4/c1-4-2-3-5(8(11)12)6(7(4)10)9(13)14/h2-7H,1H3,(H,11,12)(H,13,14). The van der Waals surface area contributed by atoms with Gasteiger partial charge in [-0.05, 0) is 5.92 Å². The van der Waals surface area contributed by atoms with Crippen LogP contribution < -0.4 is 0 Å². The number of carbonyl (C=O) groups is 2. The van der Waals surface area contributed by atoms with Crippen molar-refractivity contribution in [1.29, 1.82) is 0 Å². The smallest absolute Gasteiger partial charge is 0.311 e. The van der Waals surface area contributed by atoms with E-state index in [9.17, 15) is 9.59 Å². The molecule has 0 saturated carbocycles. The summed E-state index contributed by atoms with van der Waals surface area (Å²) in [5, 5.41) is 17.0. The van der Waals surface area contributed by atoms with Gasteiger partial charge in [-0.1, -0.05) is 19.1 Å². The van der Waals surface area contributed by atoms with E-state index in [2.05, 4.69) is 0 Å². The molecule has 0 heterocycles. The third kappa shape index (κ3) is 1.90. The second-order valence-electron chi connectivity index (χ2n) is 3.42. The molecule has 78 valence electrons. The summed E-state index contributed by atoms with van der Waals surface area (Å²) < 4.78 is 0. The Bertz CT molecular complexity index is 287. The fraction of sp³-hybridized carbons (Fsp3) is 0.556. The van der Waals surface area contributed by atoms with Gasteiger partial charge >= 0.3 is 11.9 Å². The molecule has 0 bridgehead atoms. The summed E-state index contributed by atoms with van der Waals surface area (Å²) in [5.41, 5.74) is 0. The van der Waals surface area contributed by atoms with Gasteiger partial charge in [0.05, 0.1) is 17.2 Å². The highest BCUT2D eigenvalue weighted by molar-refractivity contribution is 6.22. The summed E-state index contributed by atoms with van der Waals surface area (Å²) in [5.74, 6) is -4.49. The fourth-order valence-electron chi connectivity index (χ4n) is 1.57. The maximum Gasteiger partial charge on any atom is 0.311 e. The van der Waals surface area contributed by atoms with Crippen molar-refractivity contribution in [1.82, 2.24) is 0 Å². The number of alkyl halides is 1. The highest BCUT2D eigenvalue weighted by atomic mass is 35.5. The molecule has 0 fully saturated rings. The molecule has 0 spiro atoms. The van der Waals surface area contributed by atoms with E-state index in [4.69, 9.17) is 21.8 Å². The number of aliphatic carboxylic acids is 2. The lowest BCUT2D eigenvalue weighted by Crippen LogP contribution is -2.40. The highest BCUT2D eigenvalue weighted by Crippen LogP contribution is 2.33. The zero-order valence-electron chi connectivity index (χ0n) is 7.55. The first-order valence-electron chi connectivity index (χ1n) is 4.23. The van der Waals surface area contributed by atoms with Crippen LogP contribution in [0.2, 0.25) is 0 Å². The Kier molecular flexibility index (Phi) is 3.16. The van der Waals surface area contributed by atoms with E-state index in [0.29, 0.717) is 0 Å². The maximum atomic E-state index is 10.8. The molecule has 0 aromatic heterocycles. The van der Waals surface area contributed by atoms with Crippen LogP contribution in [0.3, 0.4) is 0 Å². The van der Waals surface area contributed by atoms with Crippen molar-refractivity contribution >= 4 is 23.5 Å². The quantitative estimate of drug-likeness (QED) is 0.540. The van der Waals surface area contributed by atoms with Crippen molar-refractivity contribution < 1.29 is 19.8 Å². The molecule has 0 saturated heterocycles. The topological polar surface area (TPSA) is 74.6 Å². The minimum Gasteiger partial charge on any atom is -0.481 e. The third-order valence-electron chi connectivity index (χ3n) is 2.42. The van der Waals surface area contributed by atoms with Gasteiger partial charge in [-0.3, -0.25) is 9.59 Å². The first-order chi connectivity index (χ1) is 6.45. The molecule has 4 atom stereocenters. The van der Waals surface area contributed by atoms with Crippen LogP contribution in [0.4, 0.5) is 0 Å². The Labute approximate surface area is 86.2 Å². The normalized spacial score (nSPS) is 36.7. The molecule has 2 N–H and O–H groups in total. The fourth-order valence-corrected chi connectivity index (χ4v) is 1.92. The number of hydrogen-bond acceptors (Lipinski definition) is 2. The van der Waals surface area contributed by atoms with Crippen molar-refractivity contribution in [2.75, 3.05) is 0 Å². The second-order valence-corrected chi connectivity index (χ2v) is 3.92. The average Bonchev–Trinajstić information content (AvgIpc) is 2.08. The number of rotatable bonds is 2. The largest absolute Gasteiger partial charge is 0.481 e. The molecule has 1 aliphatic carbocycles. The lowest BCUT2D eigenvalue weighted by molar-refractivity contribution is -0.152. The molecular weight excluding hydrogens is 208 g/mol. The third-order valence-corrected chi connectivity index (χ3v) is 3.09. The zero-order chi connectivity index (χ0) is 10.9. The molecule has 5 heteroatoms. The molecule has 1 aliphatic rings. The zero-order valence-corrected chi connectivity index (χ0v) is 8.31. The first-order valence-corrected chi connectivity index (χ1v) is 4.66. The molecule has 0 aliphatic heterocycles. The van der Waals surface area contributed by atoms with Gasteiger partial charge in [-0.15, -0.1) is 11.6 Å². The van der Waals surface area contributed by atoms with Crippen LogP contribution >= 0.6 is 11.6 Å². The predicted molar refractivity (Wildman–Crippen MR) is 50.2 cm³/mol. The summed E-state index contributed by atoms with van der Waals surface area (Å²) in [6, 6.07) is 0. The summed E-state index contributed by atoms with van der Waals surface area (Å²) in [6.45, 7) is 1.77. The number of allylic oxidation sites excluding steroid dienone is 1. The van der Waals surface area contributed by atoms with E-state index >= 15 is 0 Å². The minimum atomic E-state index is -1.16. The molecule has 0 radical (unpaired) electrons. The van der Waals surface area contributed by atoms with Crippen LogP contribution in [0, 0.1) is 17.8 Å². The van der Waals surface area contributed by atoms with Crippen molar-refractivity contribution in [3.8, 4) is 0 Å². The Morgan fingerprint density at radius 2 is 1.79 bits per heavy atom. The van der Waals surface area contributed by atoms with Gasteiger partial charge < -0.3 is 10.2 Å². The van der Waals surface area contributed by atoms with Gasteiger partial charge in [-0.25, -0.2) is 0 Å². The minimum absolute atomic E-state index is 0.117. The number of hydrogen-bond donors (Lipinski definition) is 2. The summed E-state index contributed by atoms with van der Waals surface area (Å²) in [4.78, 5) is 21.6. The molecule has 0 amide bonds. The van der Waals surface area contributed by atoms with Crippen molar-refractivity contribution in [2.24, 2.45) is 17.8 Å². The van der Waals surface area contributed by atoms with E-state index in [-0.39, 0.29) is 5.92 Å². The van der Waals surface area contributed by atoms with Gasteiger partial charge in [-0.2, -0.15) is 0 Å². The Morgan fingerprint density at radius 3 is 2.21 bits per heavy atom. The number of carboxylic acids is 2. The predicted octanol–water partition coefficient (Wildman–Crippen LogP) is 1.20. The molecular formula is C9H11ClO4. The van der Waals surface area contributed by atoms with Gasteiger partial charge in [0.2, 0.25) is 0 Å². The van der Waals surface area contributed by atoms with Crippen LogP contribution in [-0.4, -0.2) is 27.5 Å². The maximum absolute atomic E-state index is 10.8. The lowest BCUT2D eigenvalue weighted by Gasteiger charge is -2.29. The Morgan fingerprint density at radius 1 is 1.21 bits per heavy atom. The first kappa shape index (κ1) is 11.0. The molecule has 0 aromatic rings. The summed E-state index contributed by atoms with van der Waals surface area (Å²) in [7, 11) is 0. The van der Waals surface area contributed by atoms with E-state index in [1.165, 1.54) is 6.08 Å². The molecule has 14 heavy (non-hydrogen) atoms. The molecule has 1 rings (SSSR count). The summed E-state index contributed by atoms with van der Waals surface area (Å²) in [6.07, 6.45) is 3.06. The Hall–Kier alpha value is -1.03. The molecule has 0 aromatic carbocycles. The monoisotopic (exact) mass is 218 g/mol. The van der Waals surface area contributed by atoms with Crippen LogP contribution in [0.1, 0.15) is 6.92 Å². The van der Waals surface area contributed by atoms with E-state index in [1.54, 1.807) is 13.0 Å². The van der Waals surface area contributed by atoms with Crippen molar-refractivity contribution in [3.05, 3.63) is 12.2 Å².